The van der Waals surface area contributed by atoms with Crippen LogP contribution >= 0.6 is 0 Å². The maximum absolute atomic E-state index is 10.2. The number of nitrogen functional groups attached to an aromatic ring is 1. The van der Waals surface area contributed by atoms with Crippen molar-refractivity contribution in [2.75, 3.05) is 5.73 Å². The molecule has 2 aromatic heterocycles. The molecule has 1 aromatic carbocycles. The van der Waals surface area contributed by atoms with Gasteiger partial charge in [0.25, 0.3) is 0 Å². The first kappa shape index (κ1) is 9.77. The van der Waals surface area contributed by atoms with Crippen LogP contribution in [-0.4, -0.2) is 19.9 Å². The number of hydrogen-bond donors (Lipinski definition) is 3. The summed E-state index contributed by atoms with van der Waals surface area (Å²) in [6.45, 7) is 0. The molecule has 0 bridgehead atoms. The van der Waals surface area contributed by atoms with Gasteiger partial charge in [-0.05, 0) is 18.2 Å². The molecular formula is C12H12N4O. The Labute approximate surface area is 97.5 Å². The van der Waals surface area contributed by atoms with Crippen LogP contribution in [0.1, 0.15) is 0 Å². The van der Waals surface area contributed by atoms with Gasteiger partial charge in [-0.2, -0.15) is 5.10 Å². The van der Waals surface area contributed by atoms with Crippen molar-refractivity contribution < 1.29 is 5.11 Å². The zero-order valence-corrected chi connectivity index (χ0v) is 9.31. The van der Waals surface area contributed by atoms with E-state index in [-0.39, 0.29) is 5.75 Å². The highest BCUT2D eigenvalue weighted by molar-refractivity contribution is 5.92. The molecule has 0 saturated heterocycles. The van der Waals surface area contributed by atoms with E-state index in [1.807, 2.05) is 18.2 Å². The number of nitrogens with two attached hydrogens (primary N) is 1. The minimum Gasteiger partial charge on any atom is -0.507 e. The molecule has 0 unspecified atom stereocenters. The molecule has 0 spiro atoms. The second-order valence-electron chi connectivity index (χ2n) is 3.98. The number of phenols is 1. The number of rotatable bonds is 1. The first-order valence-corrected chi connectivity index (χ1v) is 5.26. The van der Waals surface area contributed by atoms with E-state index in [9.17, 15) is 5.11 Å². The number of fused-ring (bicyclic) bond motifs is 1. The molecule has 0 aliphatic carbocycles. The molecule has 5 nitrogen and oxygen atoms in total. The maximum atomic E-state index is 10.2. The Balaban J connectivity index is 2.26. The lowest BCUT2D eigenvalue weighted by molar-refractivity contribution is 0.483. The van der Waals surface area contributed by atoms with Crippen LogP contribution in [0.25, 0.3) is 22.2 Å². The molecule has 0 fully saturated rings. The molecule has 5 heteroatoms. The summed E-state index contributed by atoms with van der Waals surface area (Å²) in [5.74, 6) is 0.787. The molecule has 86 valence electrons. The topological polar surface area (TPSA) is 79.9 Å². The average Bonchev–Trinajstić information content (AvgIpc) is 2.88. The summed E-state index contributed by atoms with van der Waals surface area (Å²) in [5, 5.41) is 15.2. The van der Waals surface area contributed by atoms with E-state index in [0.29, 0.717) is 17.1 Å². The van der Waals surface area contributed by atoms with E-state index in [2.05, 4.69) is 10.1 Å². The van der Waals surface area contributed by atoms with Gasteiger partial charge in [-0.3, -0.25) is 4.68 Å². The highest BCUT2D eigenvalue weighted by Crippen LogP contribution is 2.35. The normalized spacial score (nSPS) is 11.1. The summed E-state index contributed by atoms with van der Waals surface area (Å²) in [5.41, 5.74) is 7.99. The van der Waals surface area contributed by atoms with Crippen LogP contribution < -0.4 is 5.73 Å². The molecule has 3 rings (SSSR count). The Hall–Kier alpha value is -2.43. The van der Waals surface area contributed by atoms with Crippen LogP contribution in [0.3, 0.4) is 0 Å². The summed E-state index contributed by atoms with van der Waals surface area (Å²) in [6, 6.07) is 7.32. The lowest BCUT2D eigenvalue weighted by Crippen LogP contribution is -1.96. The van der Waals surface area contributed by atoms with Crippen LogP contribution in [0.5, 0.6) is 5.75 Å². The summed E-state index contributed by atoms with van der Waals surface area (Å²) < 4.78 is 1.58. The lowest BCUT2D eigenvalue weighted by Gasteiger charge is -2.02. The van der Waals surface area contributed by atoms with E-state index in [1.165, 1.54) is 0 Å². The Morgan fingerprint density at radius 1 is 1.35 bits per heavy atom. The minimum atomic E-state index is 0.224. The van der Waals surface area contributed by atoms with Gasteiger partial charge >= 0.3 is 0 Å². The van der Waals surface area contributed by atoms with E-state index >= 15 is 0 Å². The number of aromatic nitrogens is 3. The largest absolute Gasteiger partial charge is 0.507 e. The highest BCUT2D eigenvalue weighted by Gasteiger charge is 2.12. The Morgan fingerprint density at radius 3 is 2.88 bits per heavy atom. The molecule has 0 radical (unpaired) electrons. The first-order chi connectivity index (χ1) is 8.16. The van der Waals surface area contributed by atoms with Crippen LogP contribution in [0, 0.1) is 0 Å². The fourth-order valence-corrected chi connectivity index (χ4v) is 1.94. The van der Waals surface area contributed by atoms with Gasteiger partial charge in [-0.1, -0.05) is 0 Å². The fourth-order valence-electron chi connectivity index (χ4n) is 1.94. The van der Waals surface area contributed by atoms with Crippen LogP contribution in [0.2, 0.25) is 0 Å². The number of nitrogens with one attached hydrogen (secondary N) is 1. The van der Waals surface area contributed by atoms with Crippen molar-refractivity contribution >= 4 is 16.7 Å². The van der Waals surface area contributed by atoms with Gasteiger partial charge in [0.15, 0.2) is 0 Å². The van der Waals surface area contributed by atoms with Crippen molar-refractivity contribution in [1.82, 2.24) is 14.8 Å². The predicted octanol–water partition coefficient (Wildman–Crippen LogP) is 1.86. The second kappa shape index (κ2) is 3.28. The lowest BCUT2D eigenvalue weighted by atomic mass is 10.1. The zero-order valence-electron chi connectivity index (χ0n) is 9.31. The number of H-pyrrole nitrogens is 1. The second-order valence-corrected chi connectivity index (χ2v) is 3.98. The first-order valence-electron chi connectivity index (χ1n) is 5.26. The number of benzene rings is 1. The number of nitrogens with zero attached hydrogens (tertiary/aromatic N) is 2. The molecule has 2 heterocycles. The SMILES string of the molecule is Cn1nc(-c2ccc3[nH]ccc3c2O)cc1N. The molecule has 0 amide bonds. The molecule has 0 aliphatic heterocycles. The Bertz CT molecular complexity index is 676. The minimum absolute atomic E-state index is 0.224. The van der Waals surface area contributed by atoms with E-state index in [4.69, 9.17) is 5.73 Å². The molecule has 0 saturated carbocycles. The highest BCUT2D eigenvalue weighted by atomic mass is 16.3. The van der Waals surface area contributed by atoms with Crippen LogP contribution in [-0.2, 0) is 7.05 Å². The molecule has 3 aromatic rings. The summed E-state index contributed by atoms with van der Waals surface area (Å²) in [4.78, 5) is 3.05. The number of aromatic hydroxyl groups is 1. The van der Waals surface area contributed by atoms with E-state index < -0.39 is 0 Å². The Kier molecular flexibility index (Phi) is 1.89. The summed E-state index contributed by atoms with van der Waals surface area (Å²) in [7, 11) is 1.77. The third-order valence-corrected chi connectivity index (χ3v) is 2.90. The molecular weight excluding hydrogens is 216 g/mol. The standard InChI is InChI=1S/C12H12N4O/c1-16-11(13)6-10(15-16)7-2-3-9-8(12(7)17)4-5-14-9/h2-6,14,17H,13H2,1H3. The van der Waals surface area contributed by atoms with Crippen molar-refractivity contribution in [1.29, 1.82) is 0 Å². The number of hydrogen-bond acceptors (Lipinski definition) is 3. The van der Waals surface area contributed by atoms with Gasteiger partial charge in [0.05, 0.1) is 5.69 Å². The number of aryl methyl sites for hydroxylation is 1. The predicted molar refractivity (Wildman–Crippen MR) is 66.6 cm³/mol. The number of phenolic OH excluding ortho intramolecular Hbond substituents is 1. The van der Waals surface area contributed by atoms with E-state index in [1.54, 1.807) is 24.0 Å². The van der Waals surface area contributed by atoms with Crippen molar-refractivity contribution in [3.8, 4) is 17.0 Å². The fraction of sp³-hybridized carbons (Fsp3) is 0.0833. The number of anilines is 1. The van der Waals surface area contributed by atoms with Crippen LogP contribution in [0.15, 0.2) is 30.5 Å². The van der Waals surface area contributed by atoms with E-state index in [0.717, 1.165) is 10.9 Å². The quantitative estimate of drug-likeness (QED) is 0.594. The summed E-state index contributed by atoms with van der Waals surface area (Å²) in [6.07, 6.45) is 1.79. The molecule has 4 N–H and O–H groups in total. The smallest absolute Gasteiger partial charge is 0.134 e. The summed E-state index contributed by atoms with van der Waals surface area (Å²) >= 11 is 0. The van der Waals surface area contributed by atoms with Gasteiger partial charge in [0.1, 0.15) is 11.6 Å². The monoisotopic (exact) mass is 228 g/mol. The molecule has 0 aliphatic rings. The third kappa shape index (κ3) is 1.36. The molecule has 17 heavy (non-hydrogen) atoms. The van der Waals surface area contributed by atoms with Crippen molar-refractivity contribution in [2.24, 2.45) is 7.05 Å². The maximum Gasteiger partial charge on any atom is 0.134 e. The van der Waals surface area contributed by atoms with Gasteiger partial charge < -0.3 is 15.8 Å². The van der Waals surface area contributed by atoms with Crippen molar-refractivity contribution in [3.63, 3.8) is 0 Å². The van der Waals surface area contributed by atoms with Crippen molar-refractivity contribution in [2.45, 2.75) is 0 Å². The van der Waals surface area contributed by atoms with Crippen molar-refractivity contribution in [3.05, 3.63) is 30.5 Å². The van der Waals surface area contributed by atoms with Gasteiger partial charge in [0, 0.05) is 35.8 Å². The Morgan fingerprint density at radius 2 is 2.18 bits per heavy atom. The third-order valence-electron chi connectivity index (χ3n) is 2.90. The van der Waals surface area contributed by atoms with Gasteiger partial charge in [0.2, 0.25) is 0 Å². The zero-order chi connectivity index (χ0) is 12.0. The average molecular weight is 228 g/mol. The molecule has 0 atom stereocenters. The van der Waals surface area contributed by atoms with Crippen LogP contribution in [0.4, 0.5) is 5.82 Å². The van der Waals surface area contributed by atoms with Gasteiger partial charge in [-0.25, -0.2) is 0 Å². The van der Waals surface area contributed by atoms with Gasteiger partial charge in [-0.15, -0.1) is 0 Å². The number of aromatic amines is 1.